The Morgan fingerprint density at radius 1 is 1.03 bits per heavy atom. The summed E-state index contributed by atoms with van der Waals surface area (Å²) in [5.41, 5.74) is 5.04. The summed E-state index contributed by atoms with van der Waals surface area (Å²) in [5.74, 6) is -1.83. The number of amides is 1. The number of halogens is 2. The minimum Gasteiger partial charge on any atom is -0.480 e. The van der Waals surface area contributed by atoms with Crippen LogP contribution in [0.2, 0.25) is 5.02 Å². The van der Waals surface area contributed by atoms with E-state index in [2.05, 4.69) is 5.32 Å². The Labute approximate surface area is 189 Å². The molecule has 0 bridgehead atoms. The third-order valence-electron chi connectivity index (χ3n) is 5.64. The van der Waals surface area contributed by atoms with Gasteiger partial charge in [-0.2, -0.15) is 0 Å². The van der Waals surface area contributed by atoms with Crippen LogP contribution in [0.5, 0.6) is 0 Å². The highest BCUT2D eigenvalue weighted by Crippen LogP contribution is 2.44. The molecule has 0 radical (unpaired) electrons. The molecule has 4 rings (SSSR count). The largest absolute Gasteiger partial charge is 0.480 e. The van der Waals surface area contributed by atoms with E-state index in [0.29, 0.717) is 12.0 Å². The molecule has 1 amide bonds. The smallest absolute Gasteiger partial charge is 0.407 e. The zero-order valence-electron chi connectivity index (χ0n) is 17.1. The second-order valence-electron chi connectivity index (χ2n) is 7.65. The van der Waals surface area contributed by atoms with E-state index < -0.39 is 23.9 Å². The molecule has 3 aromatic carbocycles. The normalized spacial score (nSPS) is 13.2. The van der Waals surface area contributed by atoms with Crippen molar-refractivity contribution in [2.75, 3.05) is 6.61 Å². The van der Waals surface area contributed by atoms with E-state index >= 15 is 0 Å². The van der Waals surface area contributed by atoms with Crippen LogP contribution >= 0.6 is 11.6 Å². The molecule has 0 aromatic heterocycles. The fourth-order valence-electron chi connectivity index (χ4n) is 4.05. The Balaban J connectivity index is 1.38. The van der Waals surface area contributed by atoms with Crippen LogP contribution < -0.4 is 5.32 Å². The predicted octanol–water partition coefficient (Wildman–Crippen LogP) is 5.40. The Bertz CT molecular complexity index is 1120. The van der Waals surface area contributed by atoms with Gasteiger partial charge >= 0.3 is 12.1 Å². The highest BCUT2D eigenvalue weighted by molar-refractivity contribution is 6.30. The third kappa shape index (κ3) is 4.60. The molecule has 5 nitrogen and oxygen atoms in total. The number of nitrogens with one attached hydrogen (secondary N) is 1. The first-order chi connectivity index (χ1) is 15.4. The van der Waals surface area contributed by atoms with Crippen molar-refractivity contribution in [1.82, 2.24) is 5.32 Å². The van der Waals surface area contributed by atoms with Gasteiger partial charge in [0.15, 0.2) is 0 Å². The van der Waals surface area contributed by atoms with Crippen LogP contribution in [0.4, 0.5) is 9.18 Å². The number of hydrogen-bond donors (Lipinski definition) is 2. The molecule has 0 aliphatic heterocycles. The molecule has 0 fully saturated rings. The van der Waals surface area contributed by atoms with Gasteiger partial charge in [-0.15, -0.1) is 0 Å². The number of rotatable bonds is 7. The lowest BCUT2D eigenvalue weighted by Gasteiger charge is -2.17. The average Bonchev–Trinajstić information content (AvgIpc) is 3.11. The lowest BCUT2D eigenvalue weighted by molar-refractivity contribution is -0.139. The first-order valence-electron chi connectivity index (χ1n) is 10.2. The summed E-state index contributed by atoms with van der Waals surface area (Å²) in [5, 5.41) is 11.9. The monoisotopic (exact) mass is 453 g/mol. The Kier molecular flexibility index (Phi) is 6.42. The van der Waals surface area contributed by atoms with Crippen LogP contribution in [0.1, 0.15) is 29.0 Å². The first-order valence-corrected chi connectivity index (χ1v) is 10.6. The second-order valence-corrected chi connectivity index (χ2v) is 8.06. The van der Waals surface area contributed by atoms with Gasteiger partial charge in [-0.25, -0.2) is 14.0 Å². The maximum absolute atomic E-state index is 13.3. The van der Waals surface area contributed by atoms with Crippen molar-refractivity contribution < 1.29 is 23.8 Å². The maximum atomic E-state index is 13.3. The van der Waals surface area contributed by atoms with Crippen LogP contribution in [0, 0.1) is 5.82 Å². The molecule has 1 aliphatic carbocycles. The van der Waals surface area contributed by atoms with Crippen LogP contribution in [-0.2, 0) is 16.0 Å². The SMILES string of the molecule is O=C(N[C@@H](CCc1ccc(F)c(Cl)c1)C(=O)O)OCC1c2ccccc2-c2ccccc21. The zero-order chi connectivity index (χ0) is 22.7. The minimum atomic E-state index is -1.17. The standard InChI is InChI=1S/C25H21ClFNO4/c26-21-13-15(9-11-22(21)27)10-12-23(24(29)30)28-25(31)32-14-20-18-7-3-1-5-16(18)17-6-2-4-8-19(17)20/h1-9,11,13,20,23H,10,12,14H2,(H,28,31)(H,29,30)/t23-/m0/s1. The highest BCUT2D eigenvalue weighted by atomic mass is 35.5. The number of carboxylic acid groups (broad SMARTS) is 1. The number of fused-ring (bicyclic) bond motifs is 3. The summed E-state index contributed by atoms with van der Waals surface area (Å²) in [6, 6.07) is 19.0. The number of carboxylic acids is 1. The lowest BCUT2D eigenvalue weighted by Crippen LogP contribution is -2.41. The summed E-state index contributed by atoms with van der Waals surface area (Å²) >= 11 is 5.77. The number of aryl methyl sites for hydroxylation is 1. The minimum absolute atomic E-state index is 0.0288. The molecule has 1 aliphatic rings. The molecule has 1 atom stereocenters. The molecule has 0 unspecified atom stereocenters. The summed E-state index contributed by atoms with van der Waals surface area (Å²) < 4.78 is 18.7. The Morgan fingerprint density at radius 3 is 2.25 bits per heavy atom. The van der Waals surface area contributed by atoms with E-state index in [1.165, 1.54) is 18.2 Å². The fourth-order valence-corrected chi connectivity index (χ4v) is 4.25. The van der Waals surface area contributed by atoms with Crippen molar-refractivity contribution in [3.63, 3.8) is 0 Å². The number of alkyl carbamates (subject to hydrolysis) is 1. The first kappa shape index (κ1) is 21.8. The van der Waals surface area contributed by atoms with E-state index in [0.717, 1.165) is 22.3 Å². The molecule has 0 saturated carbocycles. The van der Waals surface area contributed by atoms with Gasteiger partial charge in [-0.05, 0) is 52.8 Å². The molecule has 32 heavy (non-hydrogen) atoms. The molecule has 0 saturated heterocycles. The number of carbonyl (C=O) groups is 2. The van der Waals surface area contributed by atoms with Gasteiger partial charge in [0.2, 0.25) is 0 Å². The second kappa shape index (κ2) is 9.40. The van der Waals surface area contributed by atoms with Gasteiger partial charge in [0, 0.05) is 5.92 Å². The maximum Gasteiger partial charge on any atom is 0.407 e. The predicted molar refractivity (Wildman–Crippen MR) is 119 cm³/mol. The van der Waals surface area contributed by atoms with Crippen molar-refractivity contribution in [3.05, 3.63) is 94.3 Å². The van der Waals surface area contributed by atoms with Crippen molar-refractivity contribution in [1.29, 1.82) is 0 Å². The summed E-state index contributed by atoms with van der Waals surface area (Å²) in [6.07, 6.45) is -0.376. The number of carbonyl (C=O) groups excluding carboxylic acids is 1. The van der Waals surface area contributed by atoms with Gasteiger partial charge < -0.3 is 15.2 Å². The molecule has 0 heterocycles. The van der Waals surface area contributed by atoms with Crippen LogP contribution in [0.3, 0.4) is 0 Å². The lowest BCUT2D eigenvalue weighted by atomic mass is 9.98. The molecule has 3 aromatic rings. The van der Waals surface area contributed by atoms with Crippen LogP contribution in [-0.4, -0.2) is 29.8 Å². The highest BCUT2D eigenvalue weighted by Gasteiger charge is 2.29. The number of hydrogen-bond acceptors (Lipinski definition) is 3. The molecule has 2 N–H and O–H groups in total. The Morgan fingerprint density at radius 2 is 1.66 bits per heavy atom. The molecular formula is C25H21ClFNO4. The summed E-state index contributed by atoms with van der Waals surface area (Å²) in [4.78, 5) is 24.0. The molecule has 7 heteroatoms. The third-order valence-corrected chi connectivity index (χ3v) is 5.93. The average molecular weight is 454 g/mol. The van der Waals surface area contributed by atoms with Crippen molar-refractivity contribution in [2.24, 2.45) is 0 Å². The van der Waals surface area contributed by atoms with Gasteiger partial charge in [-0.3, -0.25) is 0 Å². The Hall–Kier alpha value is -3.38. The van der Waals surface area contributed by atoms with Gasteiger partial charge in [0.25, 0.3) is 0 Å². The number of benzene rings is 3. The van der Waals surface area contributed by atoms with Crippen molar-refractivity contribution in [2.45, 2.75) is 24.8 Å². The van der Waals surface area contributed by atoms with E-state index in [-0.39, 0.29) is 24.0 Å². The summed E-state index contributed by atoms with van der Waals surface area (Å²) in [6.45, 7) is 0.0970. The molecule has 0 spiro atoms. The number of ether oxygens (including phenoxy) is 1. The van der Waals surface area contributed by atoms with E-state index in [1.807, 2.05) is 48.5 Å². The van der Waals surface area contributed by atoms with Gasteiger partial charge in [0.1, 0.15) is 18.5 Å². The van der Waals surface area contributed by atoms with Crippen molar-refractivity contribution in [3.8, 4) is 11.1 Å². The summed E-state index contributed by atoms with van der Waals surface area (Å²) in [7, 11) is 0. The van der Waals surface area contributed by atoms with Crippen molar-refractivity contribution >= 4 is 23.7 Å². The topological polar surface area (TPSA) is 75.6 Å². The molecular weight excluding hydrogens is 433 g/mol. The van der Waals surface area contributed by atoms with Gasteiger partial charge in [-0.1, -0.05) is 66.2 Å². The van der Waals surface area contributed by atoms with Crippen LogP contribution in [0.25, 0.3) is 11.1 Å². The van der Waals surface area contributed by atoms with E-state index in [4.69, 9.17) is 16.3 Å². The fraction of sp³-hybridized carbons (Fsp3) is 0.200. The molecule has 164 valence electrons. The van der Waals surface area contributed by atoms with Gasteiger partial charge in [0.05, 0.1) is 5.02 Å². The number of aliphatic carboxylic acids is 1. The quantitative estimate of drug-likeness (QED) is 0.502. The van der Waals surface area contributed by atoms with E-state index in [9.17, 15) is 19.1 Å². The van der Waals surface area contributed by atoms with E-state index in [1.54, 1.807) is 0 Å². The van der Waals surface area contributed by atoms with Crippen LogP contribution in [0.15, 0.2) is 66.7 Å². The zero-order valence-corrected chi connectivity index (χ0v) is 17.8.